The Hall–Kier alpha value is -0.750. The van der Waals surface area contributed by atoms with Crippen LogP contribution in [0.5, 0.6) is 0 Å². The van der Waals surface area contributed by atoms with Crippen LogP contribution < -0.4 is 5.32 Å². The molecule has 0 saturated carbocycles. The summed E-state index contributed by atoms with van der Waals surface area (Å²) in [7, 11) is 0. The fraction of sp³-hybridized carbons (Fsp3) is 0.562. The van der Waals surface area contributed by atoms with E-state index in [4.69, 9.17) is 23.2 Å². The molecule has 0 spiro atoms. The van der Waals surface area contributed by atoms with Gasteiger partial charge in [0.1, 0.15) is 0 Å². The molecule has 4 heteroatoms. The fourth-order valence-electron chi connectivity index (χ4n) is 2.92. The van der Waals surface area contributed by atoms with Crippen molar-refractivity contribution in [3.63, 3.8) is 0 Å². The lowest BCUT2D eigenvalue weighted by Gasteiger charge is -2.25. The Kier molecular flexibility index (Phi) is 4.64. The van der Waals surface area contributed by atoms with Gasteiger partial charge >= 0.3 is 0 Å². The molecule has 2 rings (SSSR count). The van der Waals surface area contributed by atoms with Crippen LogP contribution >= 0.6 is 23.2 Å². The van der Waals surface area contributed by atoms with E-state index >= 15 is 0 Å². The van der Waals surface area contributed by atoms with Crippen molar-refractivity contribution < 1.29 is 0 Å². The van der Waals surface area contributed by atoms with E-state index in [1.165, 1.54) is 0 Å². The molecule has 1 aliphatic rings. The normalized spacial score (nSPS) is 26.5. The minimum Gasteiger partial charge on any atom is -0.312 e. The molecule has 0 amide bonds. The first kappa shape index (κ1) is 15.6. The highest BCUT2D eigenvalue weighted by molar-refractivity contribution is 6.42. The monoisotopic (exact) mass is 310 g/mol. The Morgan fingerprint density at radius 2 is 2.00 bits per heavy atom. The van der Waals surface area contributed by atoms with Crippen LogP contribution in [0.25, 0.3) is 0 Å². The van der Waals surface area contributed by atoms with Gasteiger partial charge in [-0.15, -0.1) is 0 Å². The highest BCUT2D eigenvalue weighted by atomic mass is 35.5. The number of benzene rings is 1. The van der Waals surface area contributed by atoms with Crippen LogP contribution in [0.1, 0.15) is 38.7 Å². The molecule has 1 heterocycles. The summed E-state index contributed by atoms with van der Waals surface area (Å²) < 4.78 is 0. The average molecular weight is 311 g/mol. The standard InChI is InChI=1S/C16H20Cl2N2/c1-16(2,3)7-15-11(8-19)12(9-20-15)10-4-5-13(17)14(18)6-10/h4-6,11-12,15,20H,7,9H2,1-3H3. The zero-order chi connectivity index (χ0) is 14.9. The molecule has 1 aromatic carbocycles. The second-order valence-electron chi connectivity index (χ2n) is 6.71. The highest BCUT2D eigenvalue weighted by Gasteiger charge is 2.38. The fourth-order valence-corrected chi connectivity index (χ4v) is 3.23. The number of nitriles is 1. The number of hydrogen-bond acceptors (Lipinski definition) is 2. The van der Waals surface area contributed by atoms with Crippen molar-refractivity contribution in [2.45, 2.75) is 39.2 Å². The maximum absolute atomic E-state index is 9.54. The largest absolute Gasteiger partial charge is 0.312 e. The zero-order valence-corrected chi connectivity index (χ0v) is 13.6. The molecule has 0 aromatic heterocycles. The summed E-state index contributed by atoms with van der Waals surface area (Å²) in [5.74, 6) is 0.161. The number of nitrogens with one attached hydrogen (secondary N) is 1. The van der Waals surface area contributed by atoms with Crippen LogP contribution in [0.4, 0.5) is 0 Å². The molecular formula is C16H20Cl2N2. The second-order valence-corrected chi connectivity index (χ2v) is 7.53. The molecule has 2 nitrogen and oxygen atoms in total. The van der Waals surface area contributed by atoms with Crippen molar-refractivity contribution in [2.24, 2.45) is 11.3 Å². The van der Waals surface area contributed by atoms with Gasteiger partial charge in [-0.3, -0.25) is 0 Å². The molecule has 0 aliphatic carbocycles. The predicted octanol–water partition coefficient (Wildman–Crippen LogP) is 4.62. The zero-order valence-electron chi connectivity index (χ0n) is 12.1. The van der Waals surface area contributed by atoms with E-state index < -0.39 is 0 Å². The molecule has 0 radical (unpaired) electrons. The third-order valence-corrected chi connectivity index (χ3v) is 4.56. The predicted molar refractivity (Wildman–Crippen MR) is 84.2 cm³/mol. The summed E-state index contributed by atoms with van der Waals surface area (Å²) in [4.78, 5) is 0. The van der Waals surface area contributed by atoms with Crippen LogP contribution in [-0.4, -0.2) is 12.6 Å². The van der Waals surface area contributed by atoms with Crippen molar-refractivity contribution in [2.75, 3.05) is 6.54 Å². The lowest BCUT2D eigenvalue weighted by Crippen LogP contribution is -2.31. The quantitative estimate of drug-likeness (QED) is 0.864. The first-order valence-corrected chi connectivity index (χ1v) is 7.65. The van der Waals surface area contributed by atoms with E-state index in [-0.39, 0.29) is 23.3 Å². The summed E-state index contributed by atoms with van der Waals surface area (Å²) >= 11 is 12.1. The van der Waals surface area contributed by atoms with Gasteiger partial charge in [0.05, 0.1) is 22.0 Å². The third-order valence-electron chi connectivity index (χ3n) is 3.82. The molecular weight excluding hydrogens is 291 g/mol. The highest BCUT2D eigenvalue weighted by Crippen LogP contribution is 2.38. The van der Waals surface area contributed by atoms with Gasteiger partial charge in [0, 0.05) is 18.5 Å². The van der Waals surface area contributed by atoms with Gasteiger partial charge in [0.25, 0.3) is 0 Å². The summed E-state index contributed by atoms with van der Waals surface area (Å²) in [6.07, 6.45) is 0.989. The van der Waals surface area contributed by atoms with E-state index in [0.717, 1.165) is 18.5 Å². The second kappa shape index (κ2) is 5.93. The lowest BCUT2D eigenvalue weighted by molar-refractivity contribution is 0.304. The Bertz CT molecular complexity index is 528. The van der Waals surface area contributed by atoms with Gasteiger partial charge in [-0.05, 0) is 29.5 Å². The number of rotatable bonds is 2. The van der Waals surface area contributed by atoms with Crippen molar-refractivity contribution >= 4 is 23.2 Å². The minimum absolute atomic E-state index is 0.0218. The first-order valence-electron chi connectivity index (χ1n) is 6.90. The van der Waals surface area contributed by atoms with E-state index in [9.17, 15) is 5.26 Å². The van der Waals surface area contributed by atoms with Crippen molar-refractivity contribution in [3.05, 3.63) is 33.8 Å². The van der Waals surface area contributed by atoms with Gasteiger partial charge in [-0.2, -0.15) is 5.26 Å². The molecule has 1 fully saturated rings. The Morgan fingerprint density at radius 3 is 2.55 bits per heavy atom. The smallest absolute Gasteiger partial charge is 0.0697 e. The van der Waals surface area contributed by atoms with Crippen molar-refractivity contribution in [1.29, 1.82) is 5.26 Å². The Morgan fingerprint density at radius 1 is 1.30 bits per heavy atom. The Balaban J connectivity index is 2.21. The number of hydrogen-bond donors (Lipinski definition) is 1. The van der Waals surface area contributed by atoms with E-state index in [2.05, 4.69) is 32.2 Å². The van der Waals surface area contributed by atoms with Gasteiger partial charge in [0.2, 0.25) is 0 Å². The summed E-state index contributed by atoms with van der Waals surface area (Å²) in [6, 6.07) is 8.39. The van der Waals surface area contributed by atoms with Crippen molar-refractivity contribution in [1.82, 2.24) is 5.32 Å². The SMILES string of the molecule is CC(C)(C)CC1NCC(c2ccc(Cl)c(Cl)c2)C1C#N. The van der Waals surface area contributed by atoms with E-state index in [1.54, 1.807) is 0 Å². The van der Waals surface area contributed by atoms with Crippen LogP contribution in [0.3, 0.4) is 0 Å². The molecule has 20 heavy (non-hydrogen) atoms. The van der Waals surface area contributed by atoms with Crippen molar-refractivity contribution in [3.8, 4) is 6.07 Å². The topological polar surface area (TPSA) is 35.8 Å². The summed E-state index contributed by atoms with van der Waals surface area (Å²) in [6.45, 7) is 7.43. The van der Waals surface area contributed by atoms with Crippen LogP contribution in [0.15, 0.2) is 18.2 Å². The maximum atomic E-state index is 9.54. The molecule has 3 atom stereocenters. The van der Waals surface area contributed by atoms with Crippen LogP contribution in [-0.2, 0) is 0 Å². The molecule has 1 N–H and O–H groups in total. The number of nitrogens with zero attached hydrogens (tertiary/aromatic N) is 1. The van der Waals surface area contributed by atoms with Gasteiger partial charge in [-0.25, -0.2) is 0 Å². The first-order chi connectivity index (χ1) is 9.31. The number of halogens is 2. The molecule has 1 aliphatic heterocycles. The van der Waals surface area contributed by atoms with Gasteiger partial charge < -0.3 is 5.32 Å². The molecule has 3 unspecified atom stereocenters. The van der Waals surface area contributed by atoms with Crippen LogP contribution in [0, 0.1) is 22.7 Å². The molecule has 1 aromatic rings. The Labute approximate surface area is 131 Å². The van der Waals surface area contributed by atoms with E-state index in [0.29, 0.717) is 10.0 Å². The summed E-state index contributed by atoms with van der Waals surface area (Å²) in [5, 5.41) is 14.2. The van der Waals surface area contributed by atoms with Crippen LogP contribution in [0.2, 0.25) is 10.0 Å². The summed E-state index contributed by atoms with van der Waals surface area (Å²) in [5.41, 5.74) is 1.30. The minimum atomic E-state index is -0.0218. The molecule has 108 valence electrons. The molecule has 0 bridgehead atoms. The average Bonchev–Trinajstić information content (AvgIpc) is 2.73. The van der Waals surface area contributed by atoms with Gasteiger partial charge in [0.15, 0.2) is 0 Å². The van der Waals surface area contributed by atoms with Gasteiger partial charge in [-0.1, -0.05) is 50.0 Å². The maximum Gasteiger partial charge on any atom is 0.0697 e. The third kappa shape index (κ3) is 3.47. The van der Waals surface area contributed by atoms with E-state index in [1.807, 2.05) is 18.2 Å². The molecule has 1 saturated heterocycles. The lowest BCUT2D eigenvalue weighted by atomic mass is 9.79.